The number of hydrogen-bond donors (Lipinski definition) is 2. The van der Waals surface area contributed by atoms with E-state index in [1.807, 2.05) is 6.92 Å². The van der Waals surface area contributed by atoms with E-state index in [0.29, 0.717) is 24.6 Å². The number of nitrogen functional groups attached to an aromatic ring is 1. The third-order valence-electron chi connectivity index (χ3n) is 2.93. The number of halogens is 1. The molecule has 0 amide bonds. The van der Waals surface area contributed by atoms with Crippen molar-refractivity contribution in [2.24, 2.45) is 0 Å². The lowest BCUT2D eigenvalue weighted by atomic mass is 10.1. The van der Waals surface area contributed by atoms with Crippen molar-refractivity contribution in [1.29, 1.82) is 0 Å². The predicted octanol–water partition coefficient (Wildman–Crippen LogP) is 3.42. The normalized spacial score (nSPS) is 12.2. The summed E-state index contributed by atoms with van der Waals surface area (Å²) in [6.07, 6.45) is 2.81. The molecule has 1 atom stereocenters. The van der Waals surface area contributed by atoms with Crippen LogP contribution in [0.4, 0.5) is 15.8 Å². The van der Waals surface area contributed by atoms with Crippen molar-refractivity contribution in [3.05, 3.63) is 17.9 Å². The second-order valence-electron chi connectivity index (χ2n) is 4.80. The van der Waals surface area contributed by atoms with Gasteiger partial charge in [-0.1, -0.05) is 20.3 Å². The van der Waals surface area contributed by atoms with E-state index in [4.69, 9.17) is 15.2 Å². The van der Waals surface area contributed by atoms with Gasteiger partial charge in [0.15, 0.2) is 11.6 Å². The summed E-state index contributed by atoms with van der Waals surface area (Å²) in [5.74, 6) is -0.198. The molecule has 0 aliphatic rings. The molecule has 0 radical (unpaired) electrons. The predicted molar refractivity (Wildman–Crippen MR) is 80.8 cm³/mol. The SMILES string of the molecule is CCCOc1cc(NC(CCC)COC)c(N)cc1F. The van der Waals surface area contributed by atoms with Gasteiger partial charge in [-0.2, -0.15) is 0 Å². The highest BCUT2D eigenvalue weighted by Gasteiger charge is 2.13. The number of rotatable bonds is 9. The zero-order chi connectivity index (χ0) is 15.0. The molecular weight excluding hydrogens is 259 g/mol. The Hall–Kier alpha value is -1.49. The molecule has 0 fully saturated rings. The van der Waals surface area contributed by atoms with Gasteiger partial charge in [-0.05, 0) is 12.8 Å². The summed E-state index contributed by atoms with van der Waals surface area (Å²) in [6, 6.07) is 3.07. The van der Waals surface area contributed by atoms with Crippen LogP contribution in [-0.2, 0) is 4.74 Å². The zero-order valence-corrected chi connectivity index (χ0v) is 12.5. The molecule has 3 N–H and O–H groups in total. The average Bonchev–Trinajstić information content (AvgIpc) is 2.41. The lowest BCUT2D eigenvalue weighted by Gasteiger charge is -2.20. The van der Waals surface area contributed by atoms with Crippen molar-refractivity contribution in [1.82, 2.24) is 0 Å². The maximum Gasteiger partial charge on any atom is 0.167 e. The lowest BCUT2D eigenvalue weighted by Crippen LogP contribution is -2.25. The van der Waals surface area contributed by atoms with Gasteiger partial charge < -0.3 is 20.5 Å². The molecule has 1 rings (SSSR count). The number of benzene rings is 1. The smallest absolute Gasteiger partial charge is 0.167 e. The lowest BCUT2D eigenvalue weighted by molar-refractivity contribution is 0.182. The highest BCUT2D eigenvalue weighted by atomic mass is 19.1. The molecule has 0 heterocycles. The van der Waals surface area contributed by atoms with Crippen molar-refractivity contribution in [3.63, 3.8) is 0 Å². The minimum Gasteiger partial charge on any atom is -0.490 e. The summed E-state index contributed by atoms with van der Waals surface area (Å²) >= 11 is 0. The van der Waals surface area contributed by atoms with E-state index in [1.54, 1.807) is 13.2 Å². The van der Waals surface area contributed by atoms with Crippen LogP contribution in [0.2, 0.25) is 0 Å². The van der Waals surface area contributed by atoms with Gasteiger partial charge >= 0.3 is 0 Å². The first kappa shape index (κ1) is 16.6. The molecule has 1 unspecified atom stereocenters. The summed E-state index contributed by atoms with van der Waals surface area (Å²) in [7, 11) is 1.66. The number of nitrogens with one attached hydrogen (secondary N) is 1. The number of methoxy groups -OCH3 is 1. The molecule has 0 aromatic heterocycles. The highest BCUT2D eigenvalue weighted by Crippen LogP contribution is 2.29. The minimum absolute atomic E-state index is 0.150. The van der Waals surface area contributed by atoms with E-state index in [0.717, 1.165) is 19.3 Å². The molecule has 1 aromatic rings. The van der Waals surface area contributed by atoms with Crippen LogP contribution in [0.1, 0.15) is 33.1 Å². The Morgan fingerprint density at radius 2 is 2.05 bits per heavy atom. The van der Waals surface area contributed by atoms with Gasteiger partial charge in [0.05, 0.1) is 24.6 Å². The van der Waals surface area contributed by atoms with Crippen LogP contribution in [-0.4, -0.2) is 26.4 Å². The molecule has 114 valence electrons. The van der Waals surface area contributed by atoms with Gasteiger partial charge in [0.2, 0.25) is 0 Å². The summed E-state index contributed by atoms with van der Waals surface area (Å²) in [5, 5.41) is 3.30. The van der Waals surface area contributed by atoms with Gasteiger partial charge in [0.1, 0.15) is 0 Å². The first-order valence-corrected chi connectivity index (χ1v) is 7.09. The van der Waals surface area contributed by atoms with Crippen LogP contribution < -0.4 is 15.8 Å². The Labute approximate surface area is 120 Å². The molecule has 0 aliphatic heterocycles. The first-order chi connectivity index (χ1) is 9.62. The summed E-state index contributed by atoms with van der Waals surface area (Å²) in [6.45, 7) is 5.14. The maximum atomic E-state index is 13.7. The van der Waals surface area contributed by atoms with E-state index in [1.165, 1.54) is 6.07 Å². The Balaban J connectivity index is 2.86. The van der Waals surface area contributed by atoms with Crippen molar-refractivity contribution in [2.45, 2.75) is 39.2 Å². The van der Waals surface area contributed by atoms with Crippen LogP contribution in [0.25, 0.3) is 0 Å². The molecule has 0 saturated heterocycles. The van der Waals surface area contributed by atoms with Crippen molar-refractivity contribution < 1.29 is 13.9 Å². The molecule has 20 heavy (non-hydrogen) atoms. The van der Waals surface area contributed by atoms with E-state index in [2.05, 4.69) is 12.2 Å². The van der Waals surface area contributed by atoms with Gasteiger partial charge in [0, 0.05) is 25.3 Å². The van der Waals surface area contributed by atoms with Crippen molar-refractivity contribution in [2.75, 3.05) is 31.4 Å². The largest absolute Gasteiger partial charge is 0.490 e. The molecule has 4 nitrogen and oxygen atoms in total. The number of hydrogen-bond acceptors (Lipinski definition) is 4. The molecule has 5 heteroatoms. The number of ether oxygens (including phenoxy) is 2. The second-order valence-corrected chi connectivity index (χ2v) is 4.80. The molecule has 1 aromatic carbocycles. The van der Waals surface area contributed by atoms with Crippen LogP contribution >= 0.6 is 0 Å². The van der Waals surface area contributed by atoms with Gasteiger partial charge in [-0.25, -0.2) is 4.39 Å². The molecule has 0 saturated carbocycles. The fourth-order valence-electron chi connectivity index (χ4n) is 1.98. The zero-order valence-electron chi connectivity index (χ0n) is 12.5. The van der Waals surface area contributed by atoms with Crippen LogP contribution in [0, 0.1) is 5.82 Å². The summed E-state index contributed by atoms with van der Waals surface area (Å²) < 4.78 is 24.3. The Bertz CT molecular complexity index is 407. The summed E-state index contributed by atoms with van der Waals surface area (Å²) in [4.78, 5) is 0. The third-order valence-corrected chi connectivity index (χ3v) is 2.93. The minimum atomic E-state index is -0.430. The molecule has 0 spiro atoms. The Kier molecular flexibility index (Phi) is 7.15. The fraction of sp³-hybridized carbons (Fsp3) is 0.600. The second kappa shape index (κ2) is 8.64. The number of anilines is 2. The Morgan fingerprint density at radius 3 is 2.65 bits per heavy atom. The van der Waals surface area contributed by atoms with Crippen molar-refractivity contribution in [3.8, 4) is 5.75 Å². The average molecular weight is 284 g/mol. The Morgan fingerprint density at radius 1 is 1.30 bits per heavy atom. The van der Waals surface area contributed by atoms with Crippen LogP contribution in [0.3, 0.4) is 0 Å². The van der Waals surface area contributed by atoms with E-state index >= 15 is 0 Å². The van der Waals surface area contributed by atoms with Gasteiger partial charge in [0.25, 0.3) is 0 Å². The van der Waals surface area contributed by atoms with E-state index in [9.17, 15) is 4.39 Å². The fourth-order valence-corrected chi connectivity index (χ4v) is 1.98. The standard InChI is InChI=1S/C15H25FN2O2/c1-4-6-11(10-19-3)18-14-9-15(20-7-5-2)12(16)8-13(14)17/h8-9,11,18H,4-7,10,17H2,1-3H3. The monoisotopic (exact) mass is 284 g/mol. The summed E-state index contributed by atoms with van der Waals surface area (Å²) in [5.41, 5.74) is 6.93. The number of nitrogens with two attached hydrogens (primary N) is 1. The molecular formula is C15H25FN2O2. The van der Waals surface area contributed by atoms with E-state index < -0.39 is 5.82 Å². The van der Waals surface area contributed by atoms with Gasteiger partial charge in [-0.3, -0.25) is 0 Å². The van der Waals surface area contributed by atoms with Gasteiger partial charge in [-0.15, -0.1) is 0 Å². The van der Waals surface area contributed by atoms with Crippen LogP contribution in [0.5, 0.6) is 5.75 Å². The highest BCUT2D eigenvalue weighted by molar-refractivity contribution is 5.69. The molecule has 0 bridgehead atoms. The maximum absolute atomic E-state index is 13.7. The first-order valence-electron chi connectivity index (χ1n) is 7.09. The topological polar surface area (TPSA) is 56.5 Å². The quantitative estimate of drug-likeness (QED) is 0.682. The van der Waals surface area contributed by atoms with Crippen molar-refractivity contribution >= 4 is 11.4 Å². The third kappa shape index (κ3) is 4.89. The van der Waals surface area contributed by atoms with Crippen LogP contribution in [0.15, 0.2) is 12.1 Å². The van der Waals surface area contributed by atoms with E-state index in [-0.39, 0.29) is 11.8 Å². The molecule has 0 aliphatic carbocycles.